The van der Waals surface area contributed by atoms with Gasteiger partial charge in [0.2, 0.25) is 0 Å². The van der Waals surface area contributed by atoms with Crippen LogP contribution in [0.3, 0.4) is 0 Å². The van der Waals surface area contributed by atoms with Crippen molar-refractivity contribution in [2.75, 3.05) is 19.0 Å². The minimum Gasteiger partial charge on any atom is -0.482 e. The van der Waals surface area contributed by atoms with Crippen LogP contribution in [0.4, 0.5) is 10.2 Å². The molecule has 0 bridgehead atoms. The predicted octanol–water partition coefficient (Wildman–Crippen LogP) is 6.38. The third kappa shape index (κ3) is 4.22. The molecule has 0 amide bonds. The van der Waals surface area contributed by atoms with Gasteiger partial charge in [-0.05, 0) is 54.7 Å². The normalized spacial score (nSPS) is 16.2. The lowest BCUT2D eigenvalue weighted by Crippen LogP contribution is -2.14. The van der Waals surface area contributed by atoms with Gasteiger partial charge in [-0.3, -0.25) is 0 Å². The Labute approximate surface area is 191 Å². The Balaban J connectivity index is 1.71. The van der Waals surface area contributed by atoms with Crippen molar-refractivity contribution in [2.24, 2.45) is 0 Å². The van der Waals surface area contributed by atoms with Crippen molar-refractivity contribution in [3.05, 3.63) is 75.1 Å². The Bertz CT molecular complexity index is 1140. The number of aryl methyl sites for hydroxylation is 1. The SMILES string of the molecule is CC(Oc1cc(-c2ccc3c(c2)CCC3O)cnc1N(C)C)c1c(Cl)ccc(F)c1Cl. The number of nitrogens with zero attached hydrogens (tertiary/aromatic N) is 2. The molecule has 7 heteroatoms. The van der Waals surface area contributed by atoms with Crippen molar-refractivity contribution < 1.29 is 14.2 Å². The fourth-order valence-electron chi connectivity index (χ4n) is 3.96. The highest BCUT2D eigenvalue weighted by Crippen LogP contribution is 2.39. The van der Waals surface area contributed by atoms with Crippen molar-refractivity contribution in [1.82, 2.24) is 4.98 Å². The van der Waals surface area contributed by atoms with Crippen LogP contribution in [0.1, 0.15) is 42.2 Å². The first-order chi connectivity index (χ1) is 14.8. The molecule has 0 fully saturated rings. The zero-order valence-corrected chi connectivity index (χ0v) is 19.0. The molecule has 0 saturated heterocycles. The summed E-state index contributed by atoms with van der Waals surface area (Å²) in [5.41, 5.74) is 4.40. The molecule has 162 valence electrons. The summed E-state index contributed by atoms with van der Waals surface area (Å²) in [6.45, 7) is 1.77. The number of ether oxygens (including phenoxy) is 1. The standard InChI is InChI=1S/C24H23Cl2FN2O2/c1-13(22-18(25)7-8-19(27)23(22)26)31-21-11-16(12-28-24(21)29(2)3)14-4-6-17-15(10-14)5-9-20(17)30/h4,6-8,10-13,20,30H,5,9H2,1-3H3. The van der Waals surface area contributed by atoms with E-state index in [9.17, 15) is 9.50 Å². The minimum absolute atomic E-state index is 0.0484. The van der Waals surface area contributed by atoms with Gasteiger partial charge in [-0.15, -0.1) is 0 Å². The monoisotopic (exact) mass is 460 g/mol. The first-order valence-corrected chi connectivity index (χ1v) is 10.8. The van der Waals surface area contributed by atoms with E-state index in [1.807, 2.05) is 37.2 Å². The molecule has 31 heavy (non-hydrogen) atoms. The van der Waals surface area contributed by atoms with Gasteiger partial charge in [-0.1, -0.05) is 41.4 Å². The van der Waals surface area contributed by atoms with Gasteiger partial charge in [-0.25, -0.2) is 9.37 Å². The second-order valence-corrected chi connectivity index (χ2v) is 8.71. The summed E-state index contributed by atoms with van der Waals surface area (Å²) in [5.74, 6) is 0.624. The third-order valence-corrected chi connectivity index (χ3v) is 6.28. The van der Waals surface area contributed by atoms with E-state index in [0.29, 0.717) is 22.2 Å². The zero-order chi connectivity index (χ0) is 22.3. The van der Waals surface area contributed by atoms with Gasteiger partial charge in [-0.2, -0.15) is 0 Å². The van der Waals surface area contributed by atoms with Gasteiger partial charge in [0.15, 0.2) is 11.6 Å². The number of aliphatic hydroxyl groups is 1. The van der Waals surface area contributed by atoms with E-state index in [-0.39, 0.29) is 11.1 Å². The second kappa shape index (κ2) is 8.65. The van der Waals surface area contributed by atoms with E-state index in [1.54, 1.807) is 13.1 Å². The Hall–Kier alpha value is -2.34. The summed E-state index contributed by atoms with van der Waals surface area (Å²) in [6, 6.07) is 10.7. The van der Waals surface area contributed by atoms with Crippen molar-refractivity contribution in [1.29, 1.82) is 0 Å². The molecule has 1 aromatic heterocycles. The van der Waals surface area contributed by atoms with Gasteiger partial charge in [0.1, 0.15) is 11.9 Å². The fraction of sp³-hybridized carbons (Fsp3) is 0.292. The maximum Gasteiger partial charge on any atom is 0.170 e. The van der Waals surface area contributed by atoms with Gasteiger partial charge in [0.05, 0.1) is 11.1 Å². The van der Waals surface area contributed by atoms with Gasteiger partial charge in [0.25, 0.3) is 0 Å². The number of aliphatic hydroxyl groups excluding tert-OH is 1. The molecule has 2 atom stereocenters. The molecule has 0 radical (unpaired) electrons. The Morgan fingerprint density at radius 1 is 1.16 bits per heavy atom. The maximum atomic E-state index is 14.0. The molecule has 0 saturated carbocycles. The quantitative estimate of drug-likeness (QED) is 0.448. The van der Waals surface area contributed by atoms with Crippen molar-refractivity contribution in [3.63, 3.8) is 0 Å². The lowest BCUT2D eigenvalue weighted by Gasteiger charge is -2.22. The first-order valence-electron chi connectivity index (χ1n) is 10.0. The van der Waals surface area contributed by atoms with E-state index in [0.717, 1.165) is 35.1 Å². The van der Waals surface area contributed by atoms with Crippen LogP contribution in [-0.4, -0.2) is 24.2 Å². The number of benzene rings is 2. The third-order valence-electron chi connectivity index (χ3n) is 5.57. The van der Waals surface area contributed by atoms with Crippen LogP contribution in [0.15, 0.2) is 42.6 Å². The van der Waals surface area contributed by atoms with Crippen LogP contribution in [0.5, 0.6) is 5.75 Å². The van der Waals surface area contributed by atoms with Crippen LogP contribution in [0.25, 0.3) is 11.1 Å². The van der Waals surface area contributed by atoms with Gasteiger partial charge >= 0.3 is 0 Å². The number of hydrogen-bond donors (Lipinski definition) is 1. The number of hydrogen-bond acceptors (Lipinski definition) is 4. The molecule has 0 aliphatic heterocycles. The molecule has 4 nitrogen and oxygen atoms in total. The molecule has 0 spiro atoms. The number of aromatic nitrogens is 1. The average Bonchev–Trinajstić information content (AvgIpc) is 3.11. The zero-order valence-electron chi connectivity index (χ0n) is 17.5. The van der Waals surface area contributed by atoms with E-state index < -0.39 is 11.9 Å². The van der Waals surface area contributed by atoms with E-state index in [1.165, 1.54) is 12.1 Å². The fourth-order valence-corrected chi connectivity index (χ4v) is 4.64. The predicted molar refractivity (Wildman–Crippen MR) is 123 cm³/mol. The van der Waals surface area contributed by atoms with Crippen LogP contribution < -0.4 is 9.64 Å². The number of halogens is 3. The summed E-state index contributed by atoms with van der Waals surface area (Å²) in [6.07, 6.45) is 2.41. The molecule has 1 heterocycles. The van der Waals surface area contributed by atoms with Crippen LogP contribution >= 0.6 is 23.2 Å². The highest BCUT2D eigenvalue weighted by molar-refractivity contribution is 6.36. The molecular formula is C24H23Cl2FN2O2. The summed E-state index contributed by atoms with van der Waals surface area (Å²) in [5, 5.41) is 10.4. The summed E-state index contributed by atoms with van der Waals surface area (Å²) in [7, 11) is 3.75. The van der Waals surface area contributed by atoms with Crippen molar-refractivity contribution in [3.8, 4) is 16.9 Å². The Morgan fingerprint density at radius 3 is 2.68 bits per heavy atom. The number of pyridine rings is 1. The topological polar surface area (TPSA) is 45.6 Å². The van der Waals surface area contributed by atoms with Gasteiger partial charge < -0.3 is 14.7 Å². The van der Waals surface area contributed by atoms with E-state index in [2.05, 4.69) is 11.1 Å². The smallest absolute Gasteiger partial charge is 0.170 e. The number of rotatable bonds is 5. The molecular weight excluding hydrogens is 438 g/mol. The summed E-state index contributed by atoms with van der Waals surface area (Å²) >= 11 is 12.4. The van der Waals surface area contributed by atoms with E-state index >= 15 is 0 Å². The largest absolute Gasteiger partial charge is 0.482 e. The van der Waals surface area contributed by atoms with Crippen LogP contribution in [-0.2, 0) is 6.42 Å². The lowest BCUT2D eigenvalue weighted by atomic mass is 10.0. The molecule has 1 aliphatic carbocycles. The maximum absolute atomic E-state index is 14.0. The second-order valence-electron chi connectivity index (χ2n) is 7.93. The minimum atomic E-state index is -0.596. The molecule has 2 unspecified atom stereocenters. The van der Waals surface area contributed by atoms with Crippen LogP contribution in [0, 0.1) is 5.82 Å². The highest BCUT2D eigenvalue weighted by atomic mass is 35.5. The van der Waals surface area contributed by atoms with Crippen molar-refractivity contribution in [2.45, 2.75) is 32.0 Å². The number of fused-ring (bicyclic) bond motifs is 1. The molecule has 2 aromatic carbocycles. The molecule has 1 N–H and O–H groups in total. The molecule has 3 aromatic rings. The molecule has 1 aliphatic rings. The van der Waals surface area contributed by atoms with E-state index in [4.69, 9.17) is 27.9 Å². The average molecular weight is 461 g/mol. The van der Waals surface area contributed by atoms with Gasteiger partial charge in [0, 0.05) is 36.4 Å². The number of anilines is 1. The molecule has 4 rings (SSSR count). The highest BCUT2D eigenvalue weighted by Gasteiger charge is 2.23. The van der Waals surface area contributed by atoms with Crippen molar-refractivity contribution >= 4 is 29.0 Å². The van der Waals surface area contributed by atoms with Crippen LogP contribution in [0.2, 0.25) is 10.0 Å². The summed E-state index contributed by atoms with van der Waals surface area (Å²) in [4.78, 5) is 6.43. The summed E-state index contributed by atoms with van der Waals surface area (Å²) < 4.78 is 20.2. The Morgan fingerprint density at radius 2 is 1.94 bits per heavy atom. The Kier molecular flexibility index (Phi) is 6.11. The first kappa shape index (κ1) is 21.9. The lowest BCUT2D eigenvalue weighted by molar-refractivity contribution is 0.180.